The average Bonchev–Trinajstić information content (AvgIpc) is 2.49. The van der Waals surface area contributed by atoms with Gasteiger partial charge in [0.05, 0.1) is 6.10 Å². The molecular weight excluding hydrogens is 248 g/mol. The summed E-state index contributed by atoms with van der Waals surface area (Å²) >= 11 is 0. The Hall–Kier alpha value is -0.120. The first-order chi connectivity index (χ1) is 9.81. The summed E-state index contributed by atoms with van der Waals surface area (Å²) in [5, 5.41) is 0. The molecule has 0 N–H and O–H groups in total. The minimum atomic E-state index is 0.539. The third kappa shape index (κ3) is 5.34. The predicted octanol–water partition coefficient (Wildman–Crippen LogP) is 3.00. The summed E-state index contributed by atoms with van der Waals surface area (Å²) in [5.74, 6) is 0.816. The lowest BCUT2D eigenvalue weighted by molar-refractivity contribution is -0.0191. The molecule has 0 unspecified atom stereocenters. The number of hydrogen-bond acceptors (Lipinski definition) is 3. The summed E-state index contributed by atoms with van der Waals surface area (Å²) in [6, 6.07) is 0. The highest BCUT2D eigenvalue weighted by molar-refractivity contribution is 4.75. The highest BCUT2D eigenvalue weighted by Crippen LogP contribution is 2.20. The summed E-state index contributed by atoms with van der Waals surface area (Å²) in [4.78, 5) is 5.20. The normalized spacial score (nSPS) is 24.3. The molecule has 20 heavy (non-hydrogen) atoms. The number of nitrogens with zero attached hydrogens (tertiary/aromatic N) is 2. The lowest BCUT2D eigenvalue weighted by Gasteiger charge is -2.34. The van der Waals surface area contributed by atoms with E-state index in [1.165, 1.54) is 77.8 Å². The molecule has 2 rings (SSSR count). The number of hydrogen-bond donors (Lipinski definition) is 0. The monoisotopic (exact) mass is 282 g/mol. The van der Waals surface area contributed by atoms with E-state index < -0.39 is 0 Å². The molecule has 0 aromatic carbocycles. The van der Waals surface area contributed by atoms with E-state index in [2.05, 4.69) is 23.6 Å². The highest BCUT2D eigenvalue weighted by atomic mass is 16.5. The zero-order valence-electron chi connectivity index (χ0n) is 13.6. The van der Waals surface area contributed by atoms with Gasteiger partial charge >= 0.3 is 0 Å². The van der Waals surface area contributed by atoms with Gasteiger partial charge in [0.15, 0.2) is 0 Å². The molecule has 3 heteroatoms. The lowest BCUT2D eigenvalue weighted by atomic mass is 9.97. The second-order valence-electron chi connectivity index (χ2n) is 6.66. The van der Waals surface area contributed by atoms with Crippen molar-refractivity contribution in [3.63, 3.8) is 0 Å². The van der Waals surface area contributed by atoms with Crippen LogP contribution in [-0.4, -0.2) is 61.8 Å². The molecule has 0 atom stereocenters. The molecule has 0 aliphatic carbocycles. The van der Waals surface area contributed by atoms with Crippen LogP contribution in [-0.2, 0) is 4.74 Å². The molecule has 2 fully saturated rings. The second-order valence-corrected chi connectivity index (χ2v) is 6.66. The Labute approximate surface area is 125 Å². The van der Waals surface area contributed by atoms with Crippen LogP contribution in [0.25, 0.3) is 0 Å². The van der Waals surface area contributed by atoms with Gasteiger partial charge in [0.25, 0.3) is 0 Å². The van der Waals surface area contributed by atoms with Gasteiger partial charge in [-0.2, -0.15) is 0 Å². The second kappa shape index (κ2) is 9.01. The van der Waals surface area contributed by atoms with Crippen LogP contribution < -0.4 is 0 Å². The van der Waals surface area contributed by atoms with E-state index in [0.29, 0.717) is 6.10 Å². The van der Waals surface area contributed by atoms with Crippen molar-refractivity contribution in [3.8, 4) is 0 Å². The summed E-state index contributed by atoms with van der Waals surface area (Å²) in [5.41, 5.74) is 0. The molecule has 0 aromatic heterocycles. The van der Waals surface area contributed by atoms with Crippen molar-refractivity contribution >= 4 is 0 Å². The van der Waals surface area contributed by atoms with E-state index in [1.807, 2.05) is 0 Å². The molecule has 0 aromatic rings. The molecule has 0 saturated carbocycles. The Bertz CT molecular complexity index is 217. The number of piperidine rings is 2. The first-order valence-corrected chi connectivity index (χ1v) is 8.88. The molecular formula is C17H34N2O. The molecule has 2 aliphatic heterocycles. The Kier molecular flexibility index (Phi) is 7.32. The van der Waals surface area contributed by atoms with Crippen molar-refractivity contribution in [2.75, 3.05) is 45.9 Å². The predicted molar refractivity (Wildman–Crippen MR) is 85.2 cm³/mol. The van der Waals surface area contributed by atoms with Gasteiger partial charge in [-0.3, -0.25) is 0 Å². The van der Waals surface area contributed by atoms with E-state index in [-0.39, 0.29) is 0 Å². The summed E-state index contributed by atoms with van der Waals surface area (Å²) in [6.45, 7) is 13.2. The number of ether oxygens (including phenoxy) is 1. The van der Waals surface area contributed by atoms with E-state index in [0.717, 1.165) is 12.5 Å². The fourth-order valence-electron chi connectivity index (χ4n) is 3.58. The van der Waals surface area contributed by atoms with E-state index in [1.54, 1.807) is 0 Å². The fraction of sp³-hybridized carbons (Fsp3) is 1.00. The van der Waals surface area contributed by atoms with Crippen LogP contribution in [0, 0.1) is 5.92 Å². The number of rotatable bonds is 7. The van der Waals surface area contributed by atoms with Gasteiger partial charge in [0, 0.05) is 19.7 Å². The minimum Gasteiger partial charge on any atom is -0.378 e. The third-order valence-corrected chi connectivity index (χ3v) is 4.89. The first kappa shape index (κ1) is 16.3. The van der Waals surface area contributed by atoms with Gasteiger partial charge in [-0.15, -0.1) is 0 Å². The van der Waals surface area contributed by atoms with Crippen molar-refractivity contribution in [3.05, 3.63) is 0 Å². The van der Waals surface area contributed by atoms with E-state index in [4.69, 9.17) is 4.74 Å². The van der Waals surface area contributed by atoms with E-state index in [9.17, 15) is 0 Å². The van der Waals surface area contributed by atoms with Crippen LogP contribution in [0.4, 0.5) is 0 Å². The zero-order chi connectivity index (χ0) is 14.2. The molecule has 0 amide bonds. The molecule has 0 spiro atoms. The summed E-state index contributed by atoms with van der Waals surface area (Å²) in [6.07, 6.45) is 8.28. The maximum atomic E-state index is 6.20. The minimum absolute atomic E-state index is 0.539. The topological polar surface area (TPSA) is 15.7 Å². The summed E-state index contributed by atoms with van der Waals surface area (Å²) < 4.78 is 6.20. The largest absolute Gasteiger partial charge is 0.378 e. The van der Waals surface area contributed by atoms with Crippen molar-refractivity contribution in [2.24, 2.45) is 5.92 Å². The van der Waals surface area contributed by atoms with Gasteiger partial charge in [-0.05, 0) is 70.6 Å². The van der Waals surface area contributed by atoms with Crippen LogP contribution in [0.1, 0.15) is 52.4 Å². The molecule has 2 saturated heterocycles. The van der Waals surface area contributed by atoms with Crippen molar-refractivity contribution in [1.82, 2.24) is 9.80 Å². The van der Waals surface area contributed by atoms with E-state index >= 15 is 0 Å². The van der Waals surface area contributed by atoms with Gasteiger partial charge in [0.2, 0.25) is 0 Å². The van der Waals surface area contributed by atoms with Gasteiger partial charge in [-0.1, -0.05) is 13.8 Å². The van der Waals surface area contributed by atoms with Gasteiger partial charge < -0.3 is 14.5 Å². The Balaban J connectivity index is 1.55. The highest BCUT2D eigenvalue weighted by Gasteiger charge is 2.22. The fourth-order valence-corrected chi connectivity index (χ4v) is 3.58. The van der Waals surface area contributed by atoms with Crippen LogP contribution in [0.5, 0.6) is 0 Å². The lowest BCUT2D eigenvalue weighted by Crippen LogP contribution is -2.39. The molecule has 0 bridgehead atoms. The summed E-state index contributed by atoms with van der Waals surface area (Å²) in [7, 11) is 0. The molecule has 2 heterocycles. The van der Waals surface area contributed by atoms with Crippen molar-refractivity contribution < 1.29 is 4.74 Å². The third-order valence-electron chi connectivity index (χ3n) is 4.89. The Morgan fingerprint density at radius 1 is 0.800 bits per heavy atom. The SMILES string of the molecule is CCCN1CCC(COC2CCN(CCC)CC2)CC1. The zero-order valence-corrected chi connectivity index (χ0v) is 13.6. The molecule has 3 nitrogen and oxygen atoms in total. The maximum Gasteiger partial charge on any atom is 0.0599 e. The Morgan fingerprint density at radius 2 is 1.30 bits per heavy atom. The quantitative estimate of drug-likeness (QED) is 0.714. The molecule has 0 radical (unpaired) electrons. The van der Waals surface area contributed by atoms with Crippen molar-refractivity contribution in [1.29, 1.82) is 0 Å². The van der Waals surface area contributed by atoms with Gasteiger partial charge in [0.1, 0.15) is 0 Å². The van der Waals surface area contributed by atoms with Crippen LogP contribution in [0.2, 0.25) is 0 Å². The van der Waals surface area contributed by atoms with Crippen molar-refractivity contribution in [2.45, 2.75) is 58.5 Å². The standard InChI is InChI=1S/C17H34N2O/c1-3-9-18-11-5-16(6-12-18)15-20-17-7-13-19(10-4-2)14-8-17/h16-17H,3-15H2,1-2H3. The molecule has 118 valence electrons. The van der Waals surface area contributed by atoms with Gasteiger partial charge in [-0.25, -0.2) is 0 Å². The average molecular weight is 282 g/mol. The first-order valence-electron chi connectivity index (χ1n) is 8.88. The number of likely N-dealkylation sites (tertiary alicyclic amines) is 2. The Morgan fingerprint density at radius 3 is 1.80 bits per heavy atom. The van der Waals surface area contributed by atoms with Crippen LogP contribution in [0.15, 0.2) is 0 Å². The smallest absolute Gasteiger partial charge is 0.0599 e. The van der Waals surface area contributed by atoms with Crippen LogP contribution >= 0.6 is 0 Å². The van der Waals surface area contributed by atoms with Crippen LogP contribution in [0.3, 0.4) is 0 Å². The maximum absolute atomic E-state index is 6.20. The molecule has 2 aliphatic rings.